The molecule has 1 aliphatic heterocycles. The van der Waals surface area contributed by atoms with Crippen molar-refractivity contribution in [3.63, 3.8) is 0 Å². The standard InChI is InChI=1S/C12H18N2O5S2/c1-19-12(16)9-8(13)10(21(2,17)18)11(20-9)14-5-3-7(15)4-6-14/h7,15H,3-6,13H2,1-2H3. The van der Waals surface area contributed by atoms with E-state index in [2.05, 4.69) is 4.74 Å². The van der Waals surface area contributed by atoms with Crippen LogP contribution in [0.2, 0.25) is 0 Å². The van der Waals surface area contributed by atoms with E-state index < -0.39 is 15.8 Å². The van der Waals surface area contributed by atoms with Crippen molar-refractivity contribution < 1.29 is 23.1 Å². The van der Waals surface area contributed by atoms with Gasteiger partial charge in [-0.25, -0.2) is 13.2 Å². The molecule has 0 unspecified atom stereocenters. The quantitative estimate of drug-likeness (QED) is 0.774. The van der Waals surface area contributed by atoms with Crippen molar-refractivity contribution in [2.75, 3.05) is 37.1 Å². The average Bonchev–Trinajstić information content (AvgIpc) is 2.76. The molecule has 9 heteroatoms. The maximum Gasteiger partial charge on any atom is 0.350 e. The number of ether oxygens (including phenoxy) is 1. The second-order valence-electron chi connectivity index (χ2n) is 4.96. The molecule has 0 saturated carbocycles. The van der Waals surface area contributed by atoms with Gasteiger partial charge in [0.05, 0.1) is 18.9 Å². The zero-order chi connectivity index (χ0) is 15.8. The third kappa shape index (κ3) is 3.14. The van der Waals surface area contributed by atoms with E-state index in [4.69, 9.17) is 5.73 Å². The van der Waals surface area contributed by atoms with E-state index in [-0.39, 0.29) is 21.6 Å². The number of aliphatic hydroxyl groups is 1. The van der Waals surface area contributed by atoms with E-state index in [0.717, 1.165) is 17.6 Å². The molecule has 1 aromatic rings. The minimum absolute atomic E-state index is 0.0238. The molecule has 0 aromatic carbocycles. The first-order chi connectivity index (χ1) is 9.75. The number of sulfone groups is 1. The largest absolute Gasteiger partial charge is 0.465 e. The number of hydrogen-bond acceptors (Lipinski definition) is 8. The molecule has 2 heterocycles. The van der Waals surface area contributed by atoms with Gasteiger partial charge in [-0.15, -0.1) is 11.3 Å². The Morgan fingerprint density at radius 3 is 2.48 bits per heavy atom. The van der Waals surface area contributed by atoms with Gasteiger partial charge in [-0.2, -0.15) is 0 Å². The molecule has 1 aromatic heterocycles. The summed E-state index contributed by atoms with van der Waals surface area (Å²) in [5.41, 5.74) is 5.80. The van der Waals surface area contributed by atoms with Crippen LogP contribution in [0.15, 0.2) is 4.90 Å². The number of carbonyl (C=O) groups excluding carboxylic acids is 1. The van der Waals surface area contributed by atoms with Crippen LogP contribution in [0.4, 0.5) is 10.7 Å². The number of piperidine rings is 1. The van der Waals surface area contributed by atoms with Crippen LogP contribution in [0.3, 0.4) is 0 Å². The maximum absolute atomic E-state index is 12.0. The maximum atomic E-state index is 12.0. The molecular formula is C12H18N2O5S2. The van der Waals surface area contributed by atoms with Crippen molar-refractivity contribution >= 4 is 37.8 Å². The first-order valence-corrected chi connectivity index (χ1v) is 9.10. The summed E-state index contributed by atoms with van der Waals surface area (Å²) in [5.74, 6) is -0.648. The minimum Gasteiger partial charge on any atom is -0.465 e. The van der Waals surface area contributed by atoms with E-state index in [1.54, 1.807) is 0 Å². The Morgan fingerprint density at radius 1 is 1.43 bits per heavy atom. The van der Waals surface area contributed by atoms with E-state index in [0.29, 0.717) is 30.9 Å². The lowest BCUT2D eigenvalue weighted by Gasteiger charge is -2.30. The van der Waals surface area contributed by atoms with Gasteiger partial charge in [0.15, 0.2) is 9.84 Å². The predicted molar refractivity (Wildman–Crippen MR) is 80.6 cm³/mol. The van der Waals surface area contributed by atoms with Crippen LogP contribution in [0, 0.1) is 0 Å². The molecule has 21 heavy (non-hydrogen) atoms. The zero-order valence-electron chi connectivity index (χ0n) is 11.8. The number of esters is 1. The third-order valence-corrected chi connectivity index (χ3v) is 5.91. The number of nitrogens with zero attached hydrogens (tertiary/aromatic N) is 1. The van der Waals surface area contributed by atoms with Gasteiger partial charge in [0.2, 0.25) is 0 Å². The summed E-state index contributed by atoms with van der Waals surface area (Å²) in [4.78, 5) is 13.6. The highest BCUT2D eigenvalue weighted by atomic mass is 32.2. The number of anilines is 2. The molecule has 7 nitrogen and oxygen atoms in total. The van der Waals surface area contributed by atoms with Crippen LogP contribution in [0.1, 0.15) is 22.5 Å². The zero-order valence-corrected chi connectivity index (χ0v) is 13.5. The topological polar surface area (TPSA) is 110 Å². The lowest BCUT2D eigenvalue weighted by Crippen LogP contribution is -2.35. The lowest BCUT2D eigenvalue weighted by molar-refractivity contribution is 0.0607. The number of nitrogens with two attached hydrogens (primary N) is 1. The molecule has 0 amide bonds. The van der Waals surface area contributed by atoms with Crippen molar-refractivity contribution in [1.29, 1.82) is 0 Å². The molecule has 1 aliphatic rings. The van der Waals surface area contributed by atoms with Gasteiger partial charge >= 0.3 is 5.97 Å². The minimum atomic E-state index is -3.57. The van der Waals surface area contributed by atoms with Gasteiger partial charge in [-0.05, 0) is 12.8 Å². The Morgan fingerprint density at radius 2 is 2.00 bits per heavy atom. The van der Waals surface area contributed by atoms with Gasteiger partial charge in [-0.1, -0.05) is 0 Å². The van der Waals surface area contributed by atoms with Crippen LogP contribution in [0.5, 0.6) is 0 Å². The Kier molecular flexibility index (Phi) is 4.45. The molecular weight excluding hydrogens is 316 g/mol. The first kappa shape index (κ1) is 16.1. The number of thiophene rings is 1. The number of nitrogen functional groups attached to an aromatic ring is 1. The lowest BCUT2D eigenvalue weighted by atomic mass is 10.1. The molecule has 2 rings (SSSR count). The molecule has 3 N–H and O–H groups in total. The Hall–Kier alpha value is -1.32. The van der Waals surface area contributed by atoms with Gasteiger partial charge in [0, 0.05) is 19.3 Å². The summed E-state index contributed by atoms with van der Waals surface area (Å²) >= 11 is 1.02. The second kappa shape index (κ2) is 5.82. The van der Waals surface area contributed by atoms with E-state index >= 15 is 0 Å². The van der Waals surface area contributed by atoms with Crippen LogP contribution < -0.4 is 10.6 Å². The van der Waals surface area contributed by atoms with Crippen molar-refractivity contribution in [1.82, 2.24) is 0 Å². The third-order valence-electron chi connectivity index (χ3n) is 3.38. The number of carbonyl (C=O) groups is 1. The summed E-state index contributed by atoms with van der Waals surface area (Å²) in [6.07, 6.45) is 1.79. The van der Waals surface area contributed by atoms with E-state index in [1.807, 2.05) is 4.90 Å². The summed E-state index contributed by atoms with van der Waals surface area (Å²) in [6.45, 7) is 1.04. The normalized spacial score (nSPS) is 17.0. The molecule has 118 valence electrons. The van der Waals surface area contributed by atoms with Crippen molar-refractivity contribution in [3.05, 3.63) is 4.88 Å². The molecule has 0 atom stereocenters. The fraction of sp³-hybridized carbons (Fsp3) is 0.583. The van der Waals surface area contributed by atoms with Gasteiger partial charge in [0.1, 0.15) is 14.8 Å². The number of methoxy groups -OCH3 is 1. The second-order valence-corrected chi connectivity index (χ2v) is 7.91. The van der Waals surface area contributed by atoms with Gasteiger partial charge < -0.3 is 20.5 Å². The molecule has 0 spiro atoms. The predicted octanol–water partition coefficient (Wildman–Crippen LogP) is 0.481. The highest BCUT2D eigenvalue weighted by Crippen LogP contribution is 2.42. The van der Waals surface area contributed by atoms with Crippen LogP contribution >= 0.6 is 11.3 Å². The van der Waals surface area contributed by atoms with E-state index in [1.165, 1.54) is 7.11 Å². The van der Waals surface area contributed by atoms with Crippen molar-refractivity contribution in [2.45, 2.75) is 23.8 Å². The molecule has 1 saturated heterocycles. The van der Waals surface area contributed by atoms with Gasteiger partial charge in [0.25, 0.3) is 0 Å². The first-order valence-electron chi connectivity index (χ1n) is 6.39. The number of aliphatic hydroxyl groups excluding tert-OH is 1. The molecule has 0 aliphatic carbocycles. The van der Waals surface area contributed by atoms with Crippen molar-refractivity contribution in [3.8, 4) is 0 Å². The summed E-state index contributed by atoms with van der Waals surface area (Å²) < 4.78 is 28.6. The Balaban J connectivity index is 2.51. The smallest absolute Gasteiger partial charge is 0.350 e. The highest BCUT2D eigenvalue weighted by Gasteiger charge is 2.31. The fourth-order valence-electron chi connectivity index (χ4n) is 2.30. The van der Waals surface area contributed by atoms with Crippen LogP contribution in [-0.2, 0) is 14.6 Å². The Labute approximate surface area is 127 Å². The van der Waals surface area contributed by atoms with Crippen molar-refractivity contribution in [2.24, 2.45) is 0 Å². The summed E-state index contributed by atoms with van der Waals surface area (Å²) in [6, 6.07) is 0. The molecule has 0 bridgehead atoms. The summed E-state index contributed by atoms with van der Waals surface area (Å²) in [5, 5.41) is 10.00. The number of rotatable bonds is 3. The average molecular weight is 334 g/mol. The Bertz CT molecular complexity index is 645. The SMILES string of the molecule is COC(=O)c1sc(N2CCC(O)CC2)c(S(C)(=O)=O)c1N. The molecule has 0 radical (unpaired) electrons. The fourth-order valence-corrected chi connectivity index (χ4v) is 4.97. The van der Waals surface area contributed by atoms with Crippen LogP contribution in [0.25, 0.3) is 0 Å². The molecule has 1 fully saturated rings. The summed E-state index contributed by atoms with van der Waals surface area (Å²) in [7, 11) is -2.35. The monoisotopic (exact) mass is 334 g/mol. The van der Waals surface area contributed by atoms with E-state index in [9.17, 15) is 18.3 Å². The number of hydrogen-bond donors (Lipinski definition) is 2. The highest BCUT2D eigenvalue weighted by molar-refractivity contribution is 7.91. The van der Waals surface area contributed by atoms with Crippen LogP contribution in [-0.4, -0.2) is 52.1 Å². The van der Waals surface area contributed by atoms with Gasteiger partial charge in [-0.3, -0.25) is 0 Å².